The van der Waals surface area contributed by atoms with Crippen LogP contribution in [0.25, 0.3) is 0 Å². The summed E-state index contributed by atoms with van der Waals surface area (Å²) in [6.45, 7) is 4.66. The maximum atomic E-state index is 11.7. The lowest BCUT2D eigenvalue weighted by Crippen LogP contribution is -2.54. The maximum absolute atomic E-state index is 11.7. The van der Waals surface area contributed by atoms with Gasteiger partial charge in [0.1, 0.15) is 12.2 Å². The Kier molecular flexibility index (Phi) is 4.00. The van der Waals surface area contributed by atoms with Crippen molar-refractivity contribution in [2.45, 2.75) is 13.8 Å². The Bertz CT molecular complexity index is 324. The number of carbonyl (C=O) groups excluding carboxylic acids is 1. The molecule has 0 aliphatic heterocycles. The van der Waals surface area contributed by atoms with Gasteiger partial charge in [-0.15, -0.1) is 0 Å². The van der Waals surface area contributed by atoms with E-state index >= 15 is 0 Å². The van der Waals surface area contributed by atoms with Gasteiger partial charge in [-0.2, -0.15) is 0 Å². The summed E-state index contributed by atoms with van der Waals surface area (Å²) in [5.74, 6) is 0.0674. The highest BCUT2D eigenvalue weighted by Gasteiger charge is 2.33. The molecule has 1 aromatic carbocycles. The Morgan fingerprint density at radius 3 is 2.33 bits per heavy atom. The predicted octanol–water partition coefficient (Wildman–Crippen LogP) is 1.55. The third-order valence-electron chi connectivity index (χ3n) is 2.87. The minimum Gasteiger partial charge on any atom is -0.390 e. The van der Waals surface area contributed by atoms with Crippen LogP contribution in [0, 0.1) is 0 Å². The number of aliphatic hydroxyl groups is 1. The molecule has 0 bridgehead atoms. The van der Waals surface area contributed by atoms with Crippen molar-refractivity contribution in [3.05, 3.63) is 30.3 Å². The molecular weight excluding hydrogens is 190 g/mol. The molecule has 0 saturated carbocycles. The molecule has 82 valence electrons. The van der Waals surface area contributed by atoms with Crippen LogP contribution >= 0.6 is 0 Å². The van der Waals surface area contributed by atoms with Gasteiger partial charge in [-0.25, -0.2) is 9.28 Å². The largest absolute Gasteiger partial charge is 0.390 e. The van der Waals surface area contributed by atoms with Gasteiger partial charge in [0, 0.05) is 0 Å². The number of rotatable bonds is 4. The Hall–Kier alpha value is -1.19. The Balaban J connectivity index is 3.15. The summed E-state index contributed by atoms with van der Waals surface area (Å²) in [5.41, 5.74) is 0.946. The Labute approximate surface area is 90.5 Å². The van der Waals surface area contributed by atoms with E-state index in [4.69, 9.17) is 5.11 Å². The van der Waals surface area contributed by atoms with Crippen molar-refractivity contribution in [1.82, 2.24) is 4.48 Å². The number of amides is 1. The number of benzene rings is 1. The minimum atomic E-state index is 0.0162. The van der Waals surface area contributed by atoms with Crippen LogP contribution in [0.15, 0.2) is 30.3 Å². The highest BCUT2D eigenvalue weighted by atomic mass is 16.3. The summed E-state index contributed by atoms with van der Waals surface area (Å²) in [7, 11) is 0. The first kappa shape index (κ1) is 11.9. The van der Waals surface area contributed by atoms with Crippen molar-refractivity contribution >= 4 is 11.6 Å². The number of hydrogen-bond donors (Lipinski definition) is 1. The van der Waals surface area contributed by atoms with Gasteiger partial charge in [-0.05, 0) is 19.1 Å². The molecule has 0 aromatic heterocycles. The standard InChI is InChI=1S/C12H18NO2/c1-3-13(9-10-14,11(2)15)12-7-5-4-6-8-12/h4-8,14H,3,9-10H2,1-2H3/q+1. The zero-order valence-corrected chi connectivity index (χ0v) is 9.31. The number of aliphatic hydroxyl groups excluding tert-OH is 1. The number of para-hydroxylation sites is 1. The van der Waals surface area contributed by atoms with Gasteiger partial charge in [-0.3, -0.25) is 0 Å². The second-order valence-electron chi connectivity index (χ2n) is 3.59. The number of likely N-dealkylation sites (N-methyl/N-ethyl adjacent to an activating group) is 1. The number of nitrogens with zero attached hydrogens (tertiary/aromatic N) is 1. The van der Waals surface area contributed by atoms with E-state index in [9.17, 15) is 4.79 Å². The zero-order chi connectivity index (χ0) is 11.3. The van der Waals surface area contributed by atoms with Gasteiger partial charge in [0.05, 0.1) is 20.1 Å². The summed E-state index contributed by atoms with van der Waals surface area (Å²) < 4.78 is 0.220. The van der Waals surface area contributed by atoms with Crippen molar-refractivity contribution < 1.29 is 9.90 Å². The van der Waals surface area contributed by atoms with Gasteiger partial charge in [0.2, 0.25) is 0 Å². The third-order valence-corrected chi connectivity index (χ3v) is 2.87. The third kappa shape index (κ3) is 2.25. The van der Waals surface area contributed by atoms with E-state index in [1.54, 1.807) is 6.92 Å². The molecule has 0 heterocycles. The van der Waals surface area contributed by atoms with Gasteiger partial charge in [0.25, 0.3) is 0 Å². The highest BCUT2D eigenvalue weighted by Crippen LogP contribution is 2.22. The zero-order valence-electron chi connectivity index (χ0n) is 9.31. The second-order valence-corrected chi connectivity index (χ2v) is 3.59. The average molecular weight is 208 g/mol. The topological polar surface area (TPSA) is 37.3 Å². The van der Waals surface area contributed by atoms with Crippen LogP contribution in [0.1, 0.15) is 13.8 Å². The normalized spacial score (nSPS) is 14.6. The van der Waals surface area contributed by atoms with Crippen molar-refractivity contribution in [2.75, 3.05) is 19.7 Å². The number of quaternary nitrogens is 1. The smallest absolute Gasteiger partial charge is 0.315 e. The van der Waals surface area contributed by atoms with Crippen molar-refractivity contribution in [2.24, 2.45) is 0 Å². The lowest BCUT2D eigenvalue weighted by atomic mass is 10.2. The SMILES string of the molecule is CC[N+](CCO)(C(C)=O)c1ccccc1. The quantitative estimate of drug-likeness (QED) is 0.762. The minimum absolute atomic E-state index is 0.0162. The van der Waals surface area contributed by atoms with Gasteiger partial charge >= 0.3 is 5.91 Å². The van der Waals surface area contributed by atoms with E-state index < -0.39 is 0 Å². The monoisotopic (exact) mass is 208 g/mol. The van der Waals surface area contributed by atoms with Crippen LogP contribution in [-0.2, 0) is 4.79 Å². The van der Waals surface area contributed by atoms with Gasteiger partial charge in [-0.1, -0.05) is 18.2 Å². The van der Waals surface area contributed by atoms with Crippen LogP contribution in [0.2, 0.25) is 0 Å². The first-order valence-electron chi connectivity index (χ1n) is 5.22. The van der Waals surface area contributed by atoms with Crippen molar-refractivity contribution in [1.29, 1.82) is 0 Å². The molecule has 0 saturated heterocycles. The predicted molar refractivity (Wildman–Crippen MR) is 61.4 cm³/mol. The average Bonchev–Trinajstić information content (AvgIpc) is 2.26. The second kappa shape index (κ2) is 5.05. The summed E-state index contributed by atoms with van der Waals surface area (Å²) in [6, 6.07) is 9.62. The van der Waals surface area contributed by atoms with E-state index in [-0.39, 0.29) is 17.0 Å². The molecule has 1 amide bonds. The first-order chi connectivity index (χ1) is 7.17. The molecule has 0 fully saturated rings. The van der Waals surface area contributed by atoms with E-state index in [0.717, 1.165) is 5.69 Å². The molecule has 15 heavy (non-hydrogen) atoms. The maximum Gasteiger partial charge on any atom is 0.315 e. The lowest BCUT2D eigenvalue weighted by molar-refractivity contribution is -0.128. The molecule has 3 nitrogen and oxygen atoms in total. The van der Waals surface area contributed by atoms with E-state index in [0.29, 0.717) is 13.1 Å². The van der Waals surface area contributed by atoms with Crippen LogP contribution in [0.5, 0.6) is 0 Å². The van der Waals surface area contributed by atoms with Gasteiger partial charge in [0.15, 0.2) is 0 Å². The molecular formula is C12H18NO2+. The fourth-order valence-electron chi connectivity index (χ4n) is 1.92. The van der Waals surface area contributed by atoms with E-state index in [1.807, 2.05) is 37.3 Å². The van der Waals surface area contributed by atoms with Crippen LogP contribution in [-0.4, -0.2) is 30.7 Å². The van der Waals surface area contributed by atoms with Crippen LogP contribution < -0.4 is 4.48 Å². The molecule has 0 aliphatic rings. The summed E-state index contributed by atoms with van der Waals surface area (Å²) >= 11 is 0. The summed E-state index contributed by atoms with van der Waals surface area (Å²) in [6.07, 6.45) is 0. The molecule has 3 heteroatoms. The molecule has 1 rings (SSSR count). The van der Waals surface area contributed by atoms with E-state index in [1.165, 1.54) is 0 Å². The highest BCUT2D eigenvalue weighted by molar-refractivity contribution is 5.86. The Morgan fingerprint density at radius 1 is 1.33 bits per heavy atom. The molecule has 0 spiro atoms. The van der Waals surface area contributed by atoms with Crippen LogP contribution in [0.3, 0.4) is 0 Å². The van der Waals surface area contributed by atoms with Gasteiger partial charge < -0.3 is 5.11 Å². The molecule has 0 aliphatic carbocycles. The molecule has 1 N–H and O–H groups in total. The van der Waals surface area contributed by atoms with Crippen molar-refractivity contribution in [3.8, 4) is 0 Å². The lowest BCUT2D eigenvalue weighted by Gasteiger charge is -2.32. The molecule has 1 atom stereocenters. The molecule has 1 unspecified atom stereocenters. The fraction of sp³-hybridized carbons (Fsp3) is 0.417. The number of carbonyl (C=O) groups is 1. The van der Waals surface area contributed by atoms with E-state index in [2.05, 4.69) is 0 Å². The fourth-order valence-corrected chi connectivity index (χ4v) is 1.92. The first-order valence-corrected chi connectivity index (χ1v) is 5.22. The molecule has 1 aromatic rings. The van der Waals surface area contributed by atoms with Crippen LogP contribution in [0.4, 0.5) is 5.69 Å². The summed E-state index contributed by atoms with van der Waals surface area (Å²) in [5, 5.41) is 9.08. The Morgan fingerprint density at radius 2 is 1.93 bits per heavy atom. The molecule has 0 radical (unpaired) electrons. The van der Waals surface area contributed by atoms with Crippen molar-refractivity contribution in [3.63, 3.8) is 0 Å². The number of hydrogen-bond acceptors (Lipinski definition) is 2. The summed E-state index contributed by atoms with van der Waals surface area (Å²) in [4.78, 5) is 11.7.